The van der Waals surface area contributed by atoms with E-state index in [0.29, 0.717) is 16.7 Å². The molecule has 0 radical (unpaired) electrons. The predicted octanol–water partition coefficient (Wildman–Crippen LogP) is 4.71. The Morgan fingerprint density at radius 3 is 2.62 bits per heavy atom. The van der Waals surface area contributed by atoms with Crippen LogP contribution in [-0.4, -0.2) is 26.4 Å². The zero-order chi connectivity index (χ0) is 20.2. The fourth-order valence-electron chi connectivity index (χ4n) is 2.82. The molecule has 0 aliphatic carbocycles. The Morgan fingerprint density at radius 1 is 1.17 bits per heavy atom. The molecule has 1 amide bonds. The second kappa shape index (κ2) is 8.32. The standard InChI is InChI=1S/C21H17FN4O2S/c1-14-11-19(25-28-14)24-20(27)13-29-21-23-12-18(15-5-3-2-4-6-15)26(21)17-9-7-16(22)8-10-17/h2-12H,13H2,1H3,(H,24,25,27). The van der Waals surface area contributed by atoms with E-state index in [9.17, 15) is 9.18 Å². The van der Waals surface area contributed by atoms with Gasteiger partial charge in [-0.1, -0.05) is 47.3 Å². The first-order valence-corrected chi connectivity index (χ1v) is 9.84. The Hall–Kier alpha value is -3.39. The largest absolute Gasteiger partial charge is 0.360 e. The van der Waals surface area contributed by atoms with Crippen LogP contribution in [0, 0.1) is 12.7 Å². The van der Waals surface area contributed by atoms with Crippen molar-refractivity contribution in [2.24, 2.45) is 0 Å². The van der Waals surface area contributed by atoms with Crippen molar-refractivity contribution < 1.29 is 13.7 Å². The van der Waals surface area contributed by atoms with Crippen LogP contribution in [0.25, 0.3) is 16.9 Å². The summed E-state index contributed by atoms with van der Waals surface area (Å²) in [5.41, 5.74) is 2.59. The van der Waals surface area contributed by atoms with Crippen LogP contribution in [0.4, 0.5) is 10.2 Å². The molecule has 1 N–H and O–H groups in total. The number of hydrogen-bond acceptors (Lipinski definition) is 5. The molecule has 0 saturated heterocycles. The van der Waals surface area contributed by atoms with Crippen LogP contribution in [0.15, 0.2) is 76.5 Å². The summed E-state index contributed by atoms with van der Waals surface area (Å²) in [5, 5.41) is 7.07. The molecule has 8 heteroatoms. The topological polar surface area (TPSA) is 73.0 Å². The van der Waals surface area contributed by atoms with E-state index >= 15 is 0 Å². The number of benzene rings is 2. The van der Waals surface area contributed by atoms with E-state index in [1.54, 1.807) is 31.3 Å². The SMILES string of the molecule is Cc1cc(NC(=O)CSc2ncc(-c3ccccc3)n2-c2ccc(F)cc2)no1. The second-order valence-electron chi connectivity index (χ2n) is 6.26. The third-order valence-electron chi connectivity index (χ3n) is 4.11. The van der Waals surface area contributed by atoms with E-state index in [2.05, 4.69) is 15.5 Å². The van der Waals surface area contributed by atoms with Crippen LogP contribution in [0.2, 0.25) is 0 Å². The molecule has 0 atom stereocenters. The lowest BCUT2D eigenvalue weighted by atomic mass is 10.1. The fourth-order valence-corrected chi connectivity index (χ4v) is 3.62. The summed E-state index contributed by atoms with van der Waals surface area (Å²) in [6.07, 6.45) is 1.75. The molecule has 0 spiro atoms. The summed E-state index contributed by atoms with van der Waals surface area (Å²) in [4.78, 5) is 16.8. The lowest BCUT2D eigenvalue weighted by molar-refractivity contribution is -0.113. The van der Waals surface area contributed by atoms with Crippen molar-refractivity contribution in [1.29, 1.82) is 0 Å². The van der Waals surface area contributed by atoms with Gasteiger partial charge in [0.2, 0.25) is 5.91 Å². The van der Waals surface area contributed by atoms with Crippen molar-refractivity contribution in [3.05, 3.63) is 78.4 Å². The lowest BCUT2D eigenvalue weighted by Gasteiger charge is -2.12. The molecule has 0 bridgehead atoms. The van der Waals surface area contributed by atoms with Crippen LogP contribution in [0.3, 0.4) is 0 Å². The summed E-state index contributed by atoms with van der Waals surface area (Å²) in [6.45, 7) is 1.75. The van der Waals surface area contributed by atoms with Gasteiger partial charge in [-0.15, -0.1) is 0 Å². The molecule has 0 fully saturated rings. The van der Waals surface area contributed by atoms with Gasteiger partial charge in [0.1, 0.15) is 11.6 Å². The third-order valence-corrected chi connectivity index (χ3v) is 5.06. The monoisotopic (exact) mass is 408 g/mol. The molecule has 0 aliphatic rings. The van der Waals surface area contributed by atoms with Crippen molar-refractivity contribution in [2.45, 2.75) is 12.1 Å². The Morgan fingerprint density at radius 2 is 1.93 bits per heavy atom. The minimum absolute atomic E-state index is 0.137. The van der Waals surface area contributed by atoms with Crippen LogP contribution in [-0.2, 0) is 4.79 Å². The average Bonchev–Trinajstić information content (AvgIpc) is 3.34. The first kappa shape index (κ1) is 18.9. The summed E-state index contributed by atoms with van der Waals surface area (Å²) >= 11 is 1.28. The highest BCUT2D eigenvalue weighted by Gasteiger charge is 2.16. The van der Waals surface area contributed by atoms with Crippen molar-refractivity contribution in [1.82, 2.24) is 14.7 Å². The van der Waals surface area contributed by atoms with Crippen LogP contribution >= 0.6 is 11.8 Å². The van der Waals surface area contributed by atoms with Crippen LogP contribution in [0.5, 0.6) is 0 Å². The zero-order valence-electron chi connectivity index (χ0n) is 15.5. The van der Waals surface area contributed by atoms with Gasteiger partial charge in [0.15, 0.2) is 11.0 Å². The maximum absolute atomic E-state index is 13.4. The van der Waals surface area contributed by atoms with E-state index in [4.69, 9.17) is 4.52 Å². The first-order valence-electron chi connectivity index (χ1n) is 8.85. The maximum Gasteiger partial charge on any atom is 0.236 e. The predicted molar refractivity (Wildman–Crippen MR) is 110 cm³/mol. The minimum atomic E-state index is -0.313. The molecule has 4 aromatic rings. The van der Waals surface area contributed by atoms with E-state index < -0.39 is 0 Å². The number of aromatic nitrogens is 3. The number of nitrogens with zero attached hydrogens (tertiary/aromatic N) is 3. The van der Waals surface area contributed by atoms with Gasteiger partial charge in [-0.3, -0.25) is 9.36 Å². The number of nitrogens with one attached hydrogen (secondary N) is 1. The first-order chi connectivity index (χ1) is 14.1. The molecule has 2 heterocycles. The summed E-state index contributed by atoms with van der Waals surface area (Å²) < 4.78 is 20.3. The van der Waals surface area contributed by atoms with Crippen molar-refractivity contribution in [3.63, 3.8) is 0 Å². The van der Waals surface area contributed by atoms with Gasteiger partial charge in [-0.25, -0.2) is 9.37 Å². The number of hydrogen-bond donors (Lipinski definition) is 1. The third kappa shape index (κ3) is 4.38. The van der Waals surface area contributed by atoms with E-state index in [1.807, 2.05) is 34.9 Å². The number of carbonyl (C=O) groups excluding carboxylic acids is 1. The average molecular weight is 408 g/mol. The summed E-state index contributed by atoms with van der Waals surface area (Å²) in [7, 11) is 0. The van der Waals surface area contributed by atoms with Gasteiger partial charge in [0.25, 0.3) is 0 Å². The molecule has 4 rings (SSSR count). The highest BCUT2D eigenvalue weighted by molar-refractivity contribution is 7.99. The van der Waals surface area contributed by atoms with E-state index in [-0.39, 0.29) is 17.5 Å². The summed E-state index contributed by atoms with van der Waals surface area (Å²) in [5.74, 6) is 0.593. The lowest BCUT2D eigenvalue weighted by Crippen LogP contribution is -2.14. The van der Waals surface area contributed by atoms with Gasteiger partial charge in [-0.2, -0.15) is 0 Å². The number of anilines is 1. The number of halogens is 1. The Bertz CT molecular complexity index is 1120. The van der Waals surface area contributed by atoms with Gasteiger partial charge < -0.3 is 9.84 Å². The van der Waals surface area contributed by atoms with Crippen LogP contribution < -0.4 is 5.32 Å². The molecular formula is C21H17FN4O2S. The van der Waals surface area contributed by atoms with E-state index in [1.165, 1.54) is 23.9 Å². The molecule has 0 saturated carbocycles. The normalized spacial score (nSPS) is 10.8. The van der Waals surface area contributed by atoms with Crippen LogP contribution in [0.1, 0.15) is 5.76 Å². The van der Waals surface area contributed by atoms with Gasteiger partial charge in [0.05, 0.1) is 17.6 Å². The Kier molecular flexibility index (Phi) is 5.44. The van der Waals surface area contributed by atoms with Crippen molar-refractivity contribution >= 4 is 23.5 Å². The minimum Gasteiger partial charge on any atom is -0.360 e. The fraction of sp³-hybridized carbons (Fsp3) is 0.0952. The van der Waals surface area contributed by atoms with E-state index in [0.717, 1.165) is 16.9 Å². The maximum atomic E-state index is 13.4. The number of aryl methyl sites for hydroxylation is 1. The highest BCUT2D eigenvalue weighted by Crippen LogP contribution is 2.30. The Labute approximate surface area is 170 Å². The number of imidazole rings is 1. The number of amides is 1. The summed E-state index contributed by atoms with van der Waals surface area (Å²) in [6, 6.07) is 17.6. The zero-order valence-corrected chi connectivity index (χ0v) is 16.3. The molecule has 29 heavy (non-hydrogen) atoms. The van der Waals surface area contributed by atoms with Crippen molar-refractivity contribution in [3.8, 4) is 16.9 Å². The van der Waals surface area contributed by atoms with Gasteiger partial charge in [0, 0.05) is 17.3 Å². The molecule has 2 aromatic carbocycles. The molecule has 146 valence electrons. The number of carbonyl (C=O) groups is 1. The quantitative estimate of drug-likeness (QED) is 0.468. The number of thioether (sulfide) groups is 1. The molecule has 6 nitrogen and oxygen atoms in total. The Balaban J connectivity index is 1.60. The van der Waals surface area contributed by atoms with Gasteiger partial charge >= 0.3 is 0 Å². The molecular weight excluding hydrogens is 391 g/mol. The molecule has 0 unspecified atom stereocenters. The molecule has 2 aromatic heterocycles. The van der Waals surface area contributed by atoms with Gasteiger partial charge in [-0.05, 0) is 31.2 Å². The highest BCUT2D eigenvalue weighted by atomic mass is 32.2. The van der Waals surface area contributed by atoms with Crippen molar-refractivity contribution in [2.75, 3.05) is 11.1 Å². The second-order valence-corrected chi connectivity index (χ2v) is 7.21. The number of rotatable bonds is 6. The molecule has 0 aliphatic heterocycles. The smallest absolute Gasteiger partial charge is 0.236 e.